The summed E-state index contributed by atoms with van der Waals surface area (Å²) in [5, 5.41) is 7.86. The van der Waals surface area contributed by atoms with Crippen LogP contribution in [0.1, 0.15) is 19.5 Å². The van der Waals surface area contributed by atoms with Crippen LogP contribution in [0, 0.1) is 5.92 Å². The molecule has 0 radical (unpaired) electrons. The van der Waals surface area contributed by atoms with Crippen molar-refractivity contribution in [2.75, 3.05) is 0 Å². The largest absolute Gasteiger partial charge is 0.325 e. The standard InChI is InChI=1S/C7H13BrN4/c1-5(2)4-12-6(3-9)7(8)10-11-12/h5H,3-4,9H2,1-2H3. The number of nitrogens with zero attached hydrogens (tertiary/aromatic N) is 3. The Morgan fingerprint density at radius 3 is 2.75 bits per heavy atom. The molecular weight excluding hydrogens is 220 g/mol. The minimum absolute atomic E-state index is 0.473. The average molecular weight is 233 g/mol. The molecule has 0 bridgehead atoms. The van der Waals surface area contributed by atoms with Crippen molar-refractivity contribution in [3.8, 4) is 0 Å². The molecule has 0 saturated heterocycles. The lowest BCUT2D eigenvalue weighted by Gasteiger charge is -2.06. The van der Waals surface area contributed by atoms with E-state index in [9.17, 15) is 0 Å². The van der Waals surface area contributed by atoms with Gasteiger partial charge in [-0.1, -0.05) is 19.1 Å². The Hall–Kier alpha value is -0.420. The molecule has 0 aliphatic heterocycles. The minimum atomic E-state index is 0.473. The Kier molecular flexibility index (Phi) is 3.22. The molecule has 2 N–H and O–H groups in total. The van der Waals surface area contributed by atoms with Gasteiger partial charge in [0.25, 0.3) is 0 Å². The Morgan fingerprint density at radius 2 is 2.25 bits per heavy atom. The molecule has 1 heterocycles. The molecule has 0 aliphatic rings. The van der Waals surface area contributed by atoms with Gasteiger partial charge in [-0.25, -0.2) is 4.68 Å². The van der Waals surface area contributed by atoms with E-state index in [-0.39, 0.29) is 0 Å². The average Bonchev–Trinajstić information content (AvgIpc) is 2.30. The third kappa shape index (κ3) is 2.04. The van der Waals surface area contributed by atoms with Gasteiger partial charge < -0.3 is 5.73 Å². The zero-order chi connectivity index (χ0) is 9.14. The Bertz CT molecular complexity index is 256. The highest BCUT2D eigenvalue weighted by molar-refractivity contribution is 9.10. The zero-order valence-corrected chi connectivity index (χ0v) is 8.87. The quantitative estimate of drug-likeness (QED) is 0.852. The summed E-state index contributed by atoms with van der Waals surface area (Å²) in [6.45, 7) is 5.61. The first-order valence-corrected chi connectivity index (χ1v) is 4.72. The van der Waals surface area contributed by atoms with Crippen molar-refractivity contribution in [3.63, 3.8) is 0 Å². The highest BCUT2D eigenvalue weighted by Gasteiger charge is 2.08. The fraction of sp³-hybridized carbons (Fsp3) is 0.714. The number of nitrogens with two attached hydrogens (primary N) is 1. The van der Waals surface area contributed by atoms with E-state index in [0.29, 0.717) is 12.5 Å². The smallest absolute Gasteiger partial charge is 0.152 e. The molecule has 0 unspecified atom stereocenters. The lowest BCUT2D eigenvalue weighted by Crippen LogP contribution is -2.12. The van der Waals surface area contributed by atoms with Crippen LogP contribution in [0.25, 0.3) is 0 Å². The van der Waals surface area contributed by atoms with Crippen molar-refractivity contribution >= 4 is 15.9 Å². The van der Waals surface area contributed by atoms with Gasteiger partial charge in [0, 0.05) is 13.1 Å². The van der Waals surface area contributed by atoms with Crippen molar-refractivity contribution in [1.29, 1.82) is 0 Å². The Labute approximate surface area is 80.3 Å². The third-order valence-corrected chi connectivity index (χ3v) is 2.14. The molecular formula is C7H13BrN4. The highest BCUT2D eigenvalue weighted by atomic mass is 79.9. The van der Waals surface area contributed by atoms with Crippen molar-refractivity contribution in [3.05, 3.63) is 10.3 Å². The van der Waals surface area contributed by atoms with Crippen LogP contribution < -0.4 is 5.73 Å². The first-order valence-electron chi connectivity index (χ1n) is 3.93. The molecule has 68 valence electrons. The molecule has 0 spiro atoms. The number of hydrogen-bond acceptors (Lipinski definition) is 3. The first-order chi connectivity index (χ1) is 5.65. The van der Waals surface area contributed by atoms with Crippen molar-refractivity contribution < 1.29 is 0 Å². The molecule has 0 aromatic carbocycles. The van der Waals surface area contributed by atoms with E-state index in [1.54, 1.807) is 0 Å². The maximum absolute atomic E-state index is 5.54. The lowest BCUT2D eigenvalue weighted by atomic mass is 10.2. The molecule has 0 saturated carbocycles. The fourth-order valence-electron chi connectivity index (χ4n) is 0.994. The van der Waals surface area contributed by atoms with Crippen LogP contribution in [0.2, 0.25) is 0 Å². The second-order valence-electron chi connectivity index (χ2n) is 3.11. The monoisotopic (exact) mass is 232 g/mol. The summed E-state index contributed by atoms with van der Waals surface area (Å²) in [6.07, 6.45) is 0. The minimum Gasteiger partial charge on any atom is -0.325 e. The van der Waals surface area contributed by atoms with Gasteiger partial charge >= 0.3 is 0 Å². The summed E-state index contributed by atoms with van der Waals surface area (Å²) in [4.78, 5) is 0. The van der Waals surface area contributed by atoms with Gasteiger partial charge in [-0.2, -0.15) is 0 Å². The summed E-state index contributed by atoms with van der Waals surface area (Å²) in [5.41, 5.74) is 6.50. The number of rotatable bonds is 3. The molecule has 5 heteroatoms. The number of hydrogen-bond donors (Lipinski definition) is 1. The normalized spacial score (nSPS) is 11.1. The fourth-order valence-corrected chi connectivity index (χ4v) is 1.43. The van der Waals surface area contributed by atoms with E-state index in [0.717, 1.165) is 16.8 Å². The van der Waals surface area contributed by atoms with Gasteiger partial charge in [-0.3, -0.25) is 0 Å². The Morgan fingerprint density at radius 1 is 1.58 bits per heavy atom. The van der Waals surface area contributed by atoms with Crippen molar-refractivity contribution in [1.82, 2.24) is 15.0 Å². The van der Waals surface area contributed by atoms with Gasteiger partial charge in [-0.15, -0.1) is 5.10 Å². The van der Waals surface area contributed by atoms with Crippen LogP contribution in [-0.4, -0.2) is 15.0 Å². The summed E-state index contributed by atoms with van der Waals surface area (Å²) >= 11 is 3.29. The van der Waals surface area contributed by atoms with E-state index in [1.165, 1.54) is 0 Å². The molecule has 0 fully saturated rings. The van der Waals surface area contributed by atoms with E-state index in [1.807, 2.05) is 4.68 Å². The highest BCUT2D eigenvalue weighted by Crippen LogP contribution is 2.12. The molecule has 0 aliphatic carbocycles. The number of halogens is 1. The first kappa shape index (κ1) is 9.67. The molecule has 12 heavy (non-hydrogen) atoms. The van der Waals surface area contributed by atoms with Crippen molar-refractivity contribution in [2.24, 2.45) is 11.7 Å². The van der Waals surface area contributed by atoms with E-state index < -0.39 is 0 Å². The molecule has 1 rings (SSSR count). The molecule has 4 nitrogen and oxygen atoms in total. The SMILES string of the molecule is CC(C)Cn1nnc(Br)c1CN. The Balaban J connectivity index is 2.84. The summed E-state index contributed by atoms with van der Waals surface area (Å²) in [5.74, 6) is 0.559. The summed E-state index contributed by atoms with van der Waals surface area (Å²) in [7, 11) is 0. The summed E-state index contributed by atoms with van der Waals surface area (Å²) in [6, 6.07) is 0. The van der Waals surface area contributed by atoms with E-state index >= 15 is 0 Å². The van der Waals surface area contributed by atoms with Crippen LogP contribution in [0.15, 0.2) is 4.60 Å². The van der Waals surface area contributed by atoms with E-state index in [4.69, 9.17) is 5.73 Å². The van der Waals surface area contributed by atoms with E-state index in [2.05, 4.69) is 40.1 Å². The number of aromatic nitrogens is 3. The topological polar surface area (TPSA) is 56.7 Å². The second kappa shape index (κ2) is 4.00. The van der Waals surface area contributed by atoms with Crippen molar-refractivity contribution in [2.45, 2.75) is 26.9 Å². The van der Waals surface area contributed by atoms with Gasteiger partial charge in [0.1, 0.15) is 0 Å². The summed E-state index contributed by atoms with van der Waals surface area (Å²) < 4.78 is 2.60. The van der Waals surface area contributed by atoms with Crippen LogP contribution in [0.5, 0.6) is 0 Å². The maximum atomic E-state index is 5.54. The predicted molar refractivity (Wildman–Crippen MR) is 50.5 cm³/mol. The van der Waals surface area contributed by atoms with Gasteiger partial charge in [-0.05, 0) is 21.8 Å². The maximum Gasteiger partial charge on any atom is 0.152 e. The van der Waals surface area contributed by atoms with Gasteiger partial charge in [0.15, 0.2) is 4.60 Å². The van der Waals surface area contributed by atoms with Crippen LogP contribution in [0.3, 0.4) is 0 Å². The van der Waals surface area contributed by atoms with Gasteiger partial charge in [0.05, 0.1) is 5.69 Å². The molecule has 0 amide bonds. The van der Waals surface area contributed by atoms with Crippen LogP contribution in [-0.2, 0) is 13.1 Å². The third-order valence-electron chi connectivity index (χ3n) is 1.52. The van der Waals surface area contributed by atoms with Crippen LogP contribution in [0.4, 0.5) is 0 Å². The predicted octanol–water partition coefficient (Wildman–Crippen LogP) is 1.16. The van der Waals surface area contributed by atoms with Gasteiger partial charge in [0.2, 0.25) is 0 Å². The zero-order valence-electron chi connectivity index (χ0n) is 7.29. The lowest BCUT2D eigenvalue weighted by molar-refractivity contribution is 0.459. The molecule has 1 aromatic heterocycles. The molecule has 1 aromatic rings. The van der Waals surface area contributed by atoms with Crippen LogP contribution >= 0.6 is 15.9 Å². The second-order valence-corrected chi connectivity index (χ2v) is 3.86. The molecule has 0 atom stereocenters.